The van der Waals surface area contributed by atoms with E-state index < -0.39 is 12.0 Å². The summed E-state index contributed by atoms with van der Waals surface area (Å²) in [7, 11) is 0. The summed E-state index contributed by atoms with van der Waals surface area (Å²) >= 11 is 1.06. The molecule has 1 aliphatic rings. The third kappa shape index (κ3) is 3.93. The van der Waals surface area contributed by atoms with Gasteiger partial charge in [-0.3, -0.25) is 10.1 Å². The second-order valence-corrected chi connectivity index (χ2v) is 6.67. The molecular weight excluding hydrogens is 350 g/mol. The van der Waals surface area contributed by atoms with Gasteiger partial charge in [0, 0.05) is 19.0 Å². The molecule has 0 aliphatic carbocycles. The predicted molar refractivity (Wildman–Crippen MR) is 91.4 cm³/mol. The Balaban J connectivity index is 1.74. The largest absolute Gasteiger partial charge is 0.351 e. The molecule has 25 heavy (non-hydrogen) atoms. The Morgan fingerprint density at radius 3 is 2.84 bits per heavy atom. The fourth-order valence-electron chi connectivity index (χ4n) is 2.52. The van der Waals surface area contributed by atoms with E-state index in [1.807, 2.05) is 0 Å². The fourth-order valence-corrected chi connectivity index (χ4v) is 3.44. The van der Waals surface area contributed by atoms with Gasteiger partial charge in [-0.1, -0.05) is 29.5 Å². The monoisotopic (exact) mass is 366 g/mol. The van der Waals surface area contributed by atoms with Crippen LogP contribution >= 0.6 is 11.3 Å². The highest BCUT2D eigenvalue weighted by atomic mass is 32.1. The van der Waals surface area contributed by atoms with Gasteiger partial charge in [0.1, 0.15) is 4.88 Å². The van der Waals surface area contributed by atoms with Crippen LogP contribution in [0.1, 0.15) is 34.3 Å². The minimum atomic E-state index is -3.08. The van der Waals surface area contributed by atoms with Crippen LogP contribution in [0.5, 0.6) is 0 Å². The number of amides is 3. The Kier molecular flexibility index (Phi) is 4.67. The summed E-state index contributed by atoms with van der Waals surface area (Å²) in [6.45, 7) is 1.36. The van der Waals surface area contributed by atoms with Gasteiger partial charge in [-0.15, -0.1) is 0 Å². The number of carbonyl (C=O) groups excluding carboxylic acids is 2. The highest BCUT2D eigenvalue weighted by molar-refractivity contribution is 7.17. The van der Waals surface area contributed by atoms with Crippen molar-refractivity contribution in [2.45, 2.75) is 25.7 Å². The first kappa shape index (κ1) is 17.3. The Hall–Kier alpha value is -2.55. The topological polar surface area (TPSA) is 83.1 Å². The van der Waals surface area contributed by atoms with Crippen molar-refractivity contribution < 1.29 is 18.4 Å². The molecule has 1 aliphatic heterocycles. The van der Waals surface area contributed by atoms with Crippen molar-refractivity contribution in [1.82, 2.24) is 10.3 Å². The Labute approximate surface area is 146 Å². The lowest BCUT2D eigenvalue weighted by atomic mass is 10.1. The van der Waals surface area contributed by atoms with Gasteiger partial charge in [-0.25, -0.2) is 18.6 Å². The summed E-state index contributed by atoms with van der Waals surface area (Å²) < 4.78 is 27.2. The van der Waals surface area contributed by atoms with Crippen LogP contribution in [0, 0.1) is 0 Å². The molecule has 1 aromatic carbocycles. The summed E-state index contributed by atoms with van der Waals surface area (Å²) in [5.41, 5.74) is 0.374. The number of alkyl halides is 2. The van der Waals surface area contributed by atoms with Crippen LogP contribution in [0.25, 0.3) is 0 Å². The molecule has 9 heteroatoms. The molecule has 0 spiro atoms. The third-order valence-corrected chi connectivity index (χ3v) is 4.66. The molecular formula is C16H16F2N4O2S. The van der Waals surface area contributed by atoms with E-state index in [4.69, 9.17) is 0 Å². The molecule has 132 valence electrons. The lowest BCUT2D eigenvalue weighted by Gasteiger charge is -2.16. The number of hydrogen-bond acceptors (Lipinski definition) is 4. The molecule has 0 radical (unpaired) electrons. The zero-order valence-electron chi connectivity index (χ0n) is 13.4. The second-order valence-electron chi connectivity index (χ2n) is 5.67. The first-order valence-corrected chi connectivity index (χ1v) is 8.49. The molecule has 0 saturated heterocycles. The number of carbonyl (C=O) groups is 2. The number of fused-ring (bicyclic) bond motifs is 1. The number of nitrogens with zero attached hydrogens (tertiary/aromatic N) is 1. The van der Waals surface area contributed by atoms with Crippen molar-refractivity contribution in [3.63, 3.8) is 0 Å². The molecule has 0 bridgehead atoms. The normalized spacial score (nSPS) is 14.3. The van der Waals surface area contributed by atoms with E-state index in [1.54, 1.807) is 6.07 Å². The summed E-state index contributed by atoms with van der Waals surface area (Å²) in [5, 5.41) is 7.91. The van der Waals surface area contributed by atoms with Crippen molar-refractivity contribution in [3.8, 4) is 0 Å². The number of aromatic nitrogens is 1. The zero-order valence-corrected chi connectivity index (χ0v) is 14.2. The van der Waals surface area contributed by atoms with Crippen LogP contribution in [0.3, 0.4) is 0 Å². The van der Waals surface area contributed by atoms with Gasteiger partial charge in [0.05, 0.1) is 11.4 Å². The van der Waals surface area contributed by atoms with Crippen molar-refractivity contribution in [1.29, 1.82) is 0 Å². The number of anilines is 2. The number of aryl methyl sites for hydroxylation is 1. The molecule has 6 nitrogen and oxygen atoms in total. The molecule has 0 unspecified atom stereocenters. The van der Waals surface area contributed by atoms with Gasteiger partial charge in [-0.2, -0.15) is 0 Å². The number of nitrogens with one attached hydrogen (secondary N) is 3. The number of rotatable bonds is 3. The lowest BCUT2D eigenvalue weighted by Crippen LogP contribution is -2.22. The summed E-state index contributed by atoms with van der Waals surface area (Å²) in [5.74, 6) is -3.30. The molecule has 3 rings (SSSR count). The summed E-state index contributed by atoms with van der Waals surface area (Å²) in [6, 6.07) is 5.00. The smallest absolute Gasteiger partial charge is 0.325 e. The average Bonchev–Trinajstić information content (AvgIpc) is 2.85. The number of urea groups is 1. The molecule has 0 atom stereocenters. The number of hydrogen-bond donors (Lipinski definition) is 3. The third-order valence-electron chi connectivity index (χ3n) is 3.65. The van der Waals surface area contributed by atoms with Crippen LogP contribution in [0.2, 0.25) is 0 Å². The number of halogens is 2. The molecule has 2 heterocycles. The maximum Gasteiger partial charge on any atom is 0.325 e. The molecule has 0 saturated carbocycles. The average molecular weight is 366 g/mol. The van der Waals surface area contributed by atoms with Crippen LogP contribution in [0.4, 0.5) is 24.4 Å². The molecule has 1 aromatic heterocycles. The van der Waals surface area contributed by atoms with Crippen molar-refractivity contribution in [3.05, 3.63) is 40.4 Å². The standard InChI is InChI=1S/C16H16F2N4O2S/c1-16(17,18)9-5-2-3-6-10(9)20-14(24)22-15-21-11-7-4-8-19-13(23)12(11)25-15/h2-3,5-6H,4,7-8H2,1H3,(H,19,23)(H2,20,21,22,24). The Morgan fingerprint density at radius 1 is 1.32 bits per heavy atom. The Morgan fingerprint density at radius 2 is 2.08 bits per heavy atom. The maximum atomic E-state index is 13.6. The van der Waals surface area contributed by atoms with Crippen LogP contribution < -0.4 is 16.0 Å². The quantitative estimate of drug-likeness (QED) is 0.776. The van der Waals surface area contributed by atoms with Gasteiger partial charge < -0.3 is 10.6 Å². The minimum absolute atomic E-state index is 0.0170. The van der Waals surface area contributed by atoms with E-state index in [1.165, 1.54) is 18.2 Å². The minimum Gasteiger partial charge on any atom is -0.351 e. The summed E-state index contributed by atoms with van der Waals surface area (Å²) in [4.78, 5) is 28.7. The maximum absolute atomic E-state index is 13.6. The van der Waals surface area contributed by atoms with E-state index in [0.29, 0.717) is 23.5 Å². The van der Waals surface area contributed by atoms with Gasteiger partial charge in [0.15, 0.2) is 5.13 Å². The highest BCUT2D eigenvalue weighted by Crippen LogP contribution is 2.33. The van der Waals surface area contributed by atoms with E-state index >= 15 is 0 Å². The van der Waals surface area contributed by atoms with Gasteiger partial charge in [-0.05, 0) is 18.9 Å². The van der Waals surface area contributed by atoms with E-state index in [9.17, 15) is 18.4 Å². The van der Waals surface area contributed by atoms with Gasteiger partial charge >= 0.3 is 6.03 Å². The number of para-hydroxylation sites is 1. The summed E-state index contributed by atoms with van der Waals surface area (Å²) in [6.07, 6.45) is 1.41. The van der Waals surface area contributed by atoms with Gasteiger partial charge in [0.25, 0.3) is 11.8 Å². The van der Waals surface area contributed by atoms with Crippen LogP contribution in [-0.4, -0.2) is 23.5 Å². The first-order valence-electron chi connectivity index (χ1n) is 7.68. The number of benzene rings is 1. The molecule has 3 N–H and O–H groups in total. The molecule has 2 aromatic rings. The predicted octanol–water partition coefficient (Wildman–Crippen LogP) is 3.57. The molecule has 3 amide bonds. The fraction of sp³-hybridized carbons (Fsp3) is 0.312. The van der Waals surface area contributed by atoms with Crippen molar-refractivity contribution in [2.75, 3.05) is 17.2 Å². The lowest BCUT2D eigenvalue weighted by molar-refractivity contribution is 0.0183. The second kappa shape index (κ2) is 6.75. The Bertz CT molecular complexity index is 817. The van der Waals surface area contributed by atoms with Crippen LogP contribution in [-0.2, 0) is 12.3 Å². The van der Waals surface area contributed by atoms with E-state index in [0.717, 1.165) is 24.7 Å². The van der Waals surface area contributed by atoms with Crippen molar-refractivity contribution >= 4 is 34.1 Å². The van der Waals surface area contributed by atoms with Crippen molar-refractivity contribution in [2.24, 2.45) is 0 Å². The van der Waals surface area contributed by atoms with E-state index in [2.05, 4.69) is 20.9 Å². The van der Waals surface area contributed by atoms with Crippen LogP contribution in [0.15, 0.2) is 24.3 Å². The van der Waals surface area contributed by atoms with Gasteiger partial charge in [0.2, 0.25) is 0 Å². The molecule has 0 fully saturated rings. The SMILES string of the molecule is CC(F)(F)c1ccccc1NC(=O)Nc1nc2c(s1)C(=O)NCCC2. The zero-order chi connectivity index (χ0) is 18.0. The number of thiazole rings is 1. The first-order chi connectivity index (χ1) is 11.8. The highest BCUT2D eigenvalue weighted by Gasteiger charge is 2.28. The van der Waals surface area contributed by atoms with E-state index in [-0.39, 0.29) is 22.3 Å².